The zero-order valence-electron chi connectivity index (χ0n) is 12.5. The number of hydrogen-bond donors (Lipinski definition) is 1. The molecule has 1 amide bonds. The number of carbonyl (C=O) groups excluding carboxylic acids is 1. The van der Waals surface area contributed by atoms with Gasteiger partial charge in [-0.25, -0.2) is 9.78 Å². The number of carbonyl (C=O) groups is 1. The summed E-state index contributed by atoms with van der Waals surface area (Å²) in [5, 5.41) is 7.05. The molecule has 1 aromatic heterocycles. The van der Waals surface area contributed by atoms with Gasteiger partial charge in [-0.2, -0.15) is 0 Å². The number of likely N-dealkylation sites (tertiary alicyclic amines) is 1. The Morgan fingerprint density at radius 2 is 2.24 bits per heavy atom. The van der Waals surface area contributed by atoms with Gasteiger partial charge in [0.15, 0.2) is 0 Å². The molecular weight excluding hydrogens is 286 g/mol. The fourth-order valence-electron chi connectivity index (χ4n) is 2.92. The average Bonchev–Trinajstić information content (AvgIpc) is 3.20. The lowest BCUT2D eigenvalue weighted by molar-refractivity contribution is 0.0938. The molecule has 2 aliphatic rings. The summed E-state index contributed by atoms with van der Waals surface area (Å²) in [6, 6.07) is 0.884. The third-order valence-electron chi connectivity index (χ3n) is 4.25. The number of nitrogens with one attached hydrogen (secondary N) is 1. The van der Waals surface area contributed by atoms with Crippen molar-refractivity contribution in [2.24, 2.45) is 5.92 Å². The van der Waals surface area contributed by atoms with Crippen LogP contribution in [0.5, 0.6) is 0 Å². The van der Waals surface area contributed by atoms with Crippen molar-refractivity contribution in [1.29, 1.82) is 0 Å². The fraction of sp³-hybridized carbons (Fsp3) is 0.733. The molecule has 0 spiro atoms. The summed E-state index contributed by atoms with van der Waals surface area (Å²) in [7, 11) is 0. The summed E-state index contributed by atoms with van der Waals surface area (Å²) in [5.74, 6) is 0.749. The number of amides is 1. The van der Waals surface area contributed by atoms with Crippen LogP contribution in [0.2, 0.25) is 0 Å². The standard InChI is InChI=1S/C15H23N3O2S/c1-2-20-15(19)18-8-5-12(6-9-18)17-13(11-3-4-11)14-16-7-10-21-14/h7,10-13,17H,2-6,8-9H2,1H3. The van der Waals surface area contributed by atoms with Crippen LogP contribution in [0.25, 0.3) is 0 Å². The zero-order valence-corrected chi connectivity index (χ0v) is 13.3. The molecule has 1 unspecified atom stereocenters. The highest BCUT2D eigenvalue weighted by Crippen LogP contribution is 2.42. The second kappa shape index (κ2) is 6.75. The molecule has 0 radical (unpaired) electrons. The summed E-state index contributed by atoms with van der Waals surface area (Å²) in [5.41, 5.74) is 0. The Morgan fingerprint density at radius 3 is 2.81 bits per heavy atom. The van der Waals surface area contributed by atoms with Crippen molar-refractivity contribution in [2.75, 3.05) is 19.7 Å². The van der Waals surface area contributed by atoms with Crippen molar-refractivity contribution in [3.63, 3.8) is 0 Å². The minimum absolute atomic E-state index is 0.172. The van der Waals surface area contributed by atoms with Crippen LogP contribution in [-0.2, 0) is 4.74 Å². The lowest BCUT2D eigenvalue weighted by Crippen LogP contribution is -2.46. The van der Waals surface area contributed by atoms with E-state index in [4.69, 9.17) is 4.74 Å². The second-order valence-electron chi connectivity index (χ2n) is 5.81. The highest BCUT2D eigenvalue weighted by molar-refractivity contribution is 7.09. The Kier molecular flexibility index (Phi) is 4.75. The third-order valence-corrected chi connectivity index (χ3v) is 5.11. The van der Waals surface area contributed by atoms with Crippen LogP contribution in [0.1, 0.15) is 43.7 Å². The Morgan fingerprint density at radius 1 is 1.48 bits per heavy atom. The van der Waals surface area contributed by atoms with E-state index in [-0.39, 0.29) is 6.09 Å². The first-order valence-corrected chi connectivity index (χ1v) is 8.73. The van der Waals surface area contributed by atoms with Crippen LogP contribution in [0.3, 0.4) is 0 Å². The number of hydrogen-bond acceptors (Lipinski definition) is 5. The number of nitrogens with zero attached hydrogens (tertiary/aromatic N) is 2. The Labute approximate surface area is 129 Å². The van der Waals surface area contributed by atoms with Gasteiger partial charge in [0.2, 0.25) is 0 Å². The number of thiazole rings is 1. The molecule has 2 heterocycles. The monoisotopic (exact) mass is 309 g/mol. The quantitative estimate of drug-likeness (QED) is 0.908. The van der Waals surface area contributed by atoms with Crippen LogP contribution in [0, 0.1) is 5.92 Å². The third kappa shape index (κ3) is 3.74. The maximum atomic E-state index is 11.7. The molecule has 2 fully saturated rings. The van der Waals surface area contributed by atoms with Gasteiger partial charge in [-0.05, 0) is 38.5 Å². The number of piperidine rings is 1. The first kappa shape index (κ1) is 14.8. The molecule has 0 bridgehead atoms. The van der Waals surface area contributed by atoms with Gasteiger partial charge in [0.25, 0.3) is 0 Å². The predicted molar refractivity (Wildman–Crippen MR) is 82.3 cm³/mol. The van der Waals surface area contributed by atoms with Crippen LogP contribution in [0.4, 0.5) is 4.79 Å². The van der Waals surface area contributed by atoms with Gasteiger partial charge >= 0.3 is 6.09 Å². The Hall–Kier alpha value is -1.14. The summed E-state index contributed by atoms with van der Waals surface area (Å²) in [6.07, 6.45) is 6.31. The highest BCUT2D eigenvalue weighted by atomic mass is 32.1. The summed E-state index contributed by atoms with van der Waals surface area (Å²) >= 11 is 1.74. The first-order valence-electron chi connectivity index (χ1n) is 7.85. The van der Waals surface area contributed by atoms with Crippen molar-refractivity contribution in [3.8, 4) is 0 Å². The summed E-state index contributed by atoms with van der Waals surface area (Å²) < 4.78 is 5.06. The molecule has 1 aromatic rings. The lowest BCUT2D eigenvalue weighted by Gasteiger charge is -2.33. The first-order chi connectivity index (χ1) is 10.3. The van der Waals surface area contributed by atoms with E-state index < -0.39 is 0 Å². The van der Waals surface area contributed by atoms with Crippen molar-refractivity contribution in [3.05, 3.63) is 16.6 Å². The molecule has 1 atom stereocenters. The molecular formula is C15H23N3O2S. The minimum atomic E-state index is -0.172. The topological polar surface area (TPSA) is 54.5 Å². The number of aromatic nitrogens is 1. The maximum absolute atomic E-state index is 11.7. The number of rotatable bonds is 5. The summed E-state index contributed by atoms with van der Waals surface area (Å²) in [6.45, 7) is 3.86. The van der Waals surface area contributed by atoms with Gasteiger partial charge in [0.05, 0.1) is 12.6 Å². The molecule has 5 nitrogen and oxygen atoms in total. The highest BCUT2D eigenvalue weighted by Gasteiger charge is 2.36. The molecule has 1 aliphatic heterocycles. The van der Waals surface area contributed by atoms with E-state index in [2.05, 4.69) is 15.7 Å². The molecule has 116 valence electrons. The van der Waals surface area contributed by atoms with E-state index in [0.29, 0.717) is 18.7 Å². The van der Waals surface area contributed by atoms with Gasteiger partial charge in [0.1, 0.15) is 5.01 Å². The van der Waals surface area contributed by atoms with Crippen LogP contribution in [0.15, 0.2) is 11.6 Å². The maximum Gasteiger partial charge on any atom is 0.409 e. The molecule has 1 saturated heterocycles. The second-order valence-corrected chi connectivity index (χ2v) is 6.74. The smallest absolute Gasteiger partial charge is 0.409 e. The van der Waals surface area contributed by atoms with Crippen LogP contribution >= 0.6 is 11.3 Å². The Bertz CT molecular complexity index is 453. The number of ether oxygens (including phenoxy) is 1. The van der Waals surface area contributed by atoms with Crippen LogP contribution in [-0.4, -0.2) is 41.7 Å². The van der Waals surface area contributed by atoms with Gasteiger partial charge < -0.3 is 15.0 Å². The lowest BCUT2D eigenvalue weighted by atomic mass is 10.0. The van der Waals surface area contributed by atoms with Crippen molar-refractivity contribution in [1.82, 2.24) is 15.2 Å². The zero-order chi connectivity index (χ0) is 14.7. The van der Waals surface area contributed by atoms with Crippen molar-refractivity contribution >= 4 is 17.4 Å². The van der Waals surface area contributed by atoms with Gasteiger partial charge in [-0.3, -0.25) is 0 Å². The molecule has 1 N–H and O–H groups in total. The van der Waals surface area contributed by atoms with E-state index in [0.717, 1.165) is 31.8 Å². The summed E-state index contributed by atoms with van der Waals surface area (Å²) in [4.78, 5) is 18.0. The van der Waals surface area contributed by atoms with E-state index in [1.54, 1.807) is 11.3 Å². The Balaban J connectivity index is 1.51. The molecule has 3 rings (SSSR count). The average molecular weight is 309 g/mol. The molecule has 1 aliphatic carbocycles. The van der Waals surface area contributed by atoms with Gasteiger partial charge in [0, 0.05) is 30.7 Å². The largest absolute Gasteiger partial charge is 0.450 e. The van der Waals surface area contributed by atoms with Crippen LogP contribution < -0.4 is 5.32 Å². The predicted octanol–water partition coefficient (Wildman–Crippen LogP) is 2.80. The molecule has 1 saturated carbocycles. The van der Waals surface area contributed by atoms with Gasteiger partial charge in [-0.15, -0.1) is 11.3 Å². The van der Waals surface area contributed by atoms with E-state index in [1.807, 2.05) is 18.0 Å². The van der Waals surface area contributed by atoms with E-state index in [9.17, 15) is 4.79 Å². The van der Waals surface area contributed by atoms with E-state index in [1.165, 1.54) is 17.8 Å². The SMILES string of the molecule is CCOC(=O)N1CCC(NC(c2nccs2)C2CC2)CC1. The minimum Gasteiger partial charge on any atom is -0.450 e. The van der Waals surface area contributed by atoms with Crippen molar-refractivity contribution < 1.29 is 9.53 Å². The molecule has 6 heteroatoms. The van der Waals surface area contributed by atoms with Crippen molar-refractivity contribution in [2.45, 2.75) is 44.7 Å². The fourth-order valence-corrected chi connectivity index (χ4v) is 3.71. The molecule has 21 heavy (non-hydrogen) atoms. The van der Waals surface area contributed by atoms with E-state index >= 15 is 0 Å². The normalized spacial score (nSPS) is 21.3. The molecule has 0 aromatic carbocycles. The van der Waals surface area contributed by atoms with Gasteiger partial charge in [-0.1, -0.05) is 0 Å².